The van der Waals surface area contributed by atoms with Crippen molar-refractivity contribution in [3.8, 4) is 11.1 Å². The van der Waals surface area contributed by atoms with Crippen molar-refractivity contribution in [2.75, 3.05) is 39.5 Å². The van der Waals surface area contributed by atoms with Gasteiger partial charge in [-0.3, -0.25) is 4.79 Å². The van der Waals surface area contributed by atoms with Crippen LogP contribution >= 0.6 is 0 Å². The van der Waals surface area contributed by atoms with Crippen LogP contribution in [0.25, 0.3) is 11.1 Å². The Morgan fingerprint density at radius 1 is 1.02 bits per heavy atom. The summed E-state index contributed by atoms with van der Waals surface area (Å²) >= 11 is 0. The molecule has 0 spiro atoms. The fourth-order valence-corrected chi connectivity index (χ4v) is 7.15. The van der Waals surface area contributed by atoms with Gasteiger partial charge >= 0.3 is 18.1 Å². The third kappa shape index (κ3) is 10.3. The lowest BCUT2D eigenvalue weighted by Gasteiger charge is -2.35. The predicted octanol–water partition coefficient (Wildman–Crippen LogP) is 8.52. The van der Waals surface area contributed by atoms with Crippen molar-refractivity contribution < 1.29 is 45.6 Å². The Morgan fingerprint density at radius 3 is 2.32 bits per heavy atom. The number of alkyl halides is 3. The third-order valence-electron chi connectivity index (χ3n) is 9.67. The average molecular weight is 745 g/mol. The summed E-state index contributed by atoms with van der Waals surface area (Å²) in [4.78, 5) is 31.2. The number of aryl methyl sites for hydroxylation is 3. The number of carbonyl (C=O) groups is 2. The lowest BCUT2D eigenvalue weighted by atomic mass is 9.90. The smallest absolute Gasteiger partial charge is 0.416 e. The zero-order chi connectivity index (χ0) is 39.2. The quantitative estimate of drug-likeness (QED) is 0.0888. The summed E-state index contributed by atoms with van der Waals surface area (Å²) in [5.41, 5.74) is 1.83. The van der Waals surface area contributed by atoms with E-state index in [2.05, 4.69) is 18.2 Å². The van der Waals surface area contributed by atoms with Crippen LogP contribution in [-0.2, 0) is 19.1 Å². The van der Waals surface area contributed by atoms with Gasteiger partial charge in [-0.05, 0) is 117 Å². The minimum Gasteiger partial charge on any atom is -0.466 e. The van der Waals surface area contributed by atoms with E-state index in [1.165, 1.54) is 29.3 Å². The molecule has 12 heteroatoms. The molecule has 0 bridgehead atoms. The molecule has 1 fully saturated rings. The Bertz CT molecular complexity index is 1750. The Labute approximate surface area is 309 Å². The van der Waals surface area contributed by atoms with E-state index in [9.17, 15) is 27.2 Å². The highest BCUT2D eigenvalue weighted by atomic mass is 19.4. The van der Waals surface area contributed by atoms with Gasteiger partial charge in [0, 0.05) is 38.1 Å². The van der Waals surface area contributed by atoms with E-state index in [0.717, 1.165) is 17.1 Å². The fourth-order valence-electron chi connectivity index (χ4n) is 7.15. The number of nitrogens with zero attached hydrogens (tertiary/aromatic N) is 3. The highest BCUT2D eigenvalue weighted by molar-refractivity contribution is 5.78. The van der Waals surface area contributed by atoms with Crippen molar-refractivity contribution in [2.45, 2.75) is 85.5 Å². The molecule has 2 aromatic rings. The summed E-state index contributed by atoms with van der Waals surface area (Å²) in [7, 11) is 0. The molecule has 2 heterocycles. The Morgan fingerprint density at radius 2 is 1.70 bits per heavy atom. The molecule has 0 aromatic heterocycles. The Kier molecular flexibility index (Phi) is 14.0. The SMILES string of the molecule is C=C1C=C(C(F)(F)F)C(CCN2CCCOCC2)=CN1C(CC(C)C)C(=O)[N+](=C)C(CC(=O)OCC)c1cc(-c2c(C)cc(F)cc2C)cc(C)c1F. The summed E-state index contributed by atoms with van der Waals surface area (Å²) in [6.07, 6.45) is -1.77. The first-order valence-electron chi connectivity index (χ1n) is 18.1. The molecule has 2 aromatic carbocycles. The van der Waals surface area contributed by atoms with Gasteiger partial charge in [-0.1, -0.05) is 20.4 Å². The molecule has 53 heavy (non-hydrogen) atoms. The number of amides is 1. The van der Waals surface area contributed by atoms with Crippen molar-refractivity contribution in [1.82, 2.24) is 9.80 Å². The third-order valence-corrected chi connectivity index (χ3v) is 9.67. The molecule has 0 aliphatic carbocycles. The van der Waals surface area contributed by atoms with Gasteiger partial charge in [0.25, 0.3) is 0 Å². The van der Waals surface area contributed by atoms with E-state index in [-0.39, 0.29) is 47.8 Å². The van der Waals surface area contributed by atoms with Crippen LogP contribution in [0.3, 0.4) is 0 Å². The molecule has 2 aliphatic heterocycles. The van der Waals surface area contributed by atoms with Crippen LogP contribution < -0.4 is 0 Å². The van der Waals surface area contributed by atoms with Crippen LogP contribution in [-0.4, -0.2) is 84.6 Å². The van der Waals surface area contributed by atoms with Crippen LogP contribution in [0.1, 0.15) is 74.8 Å². The van der Waals surface area contributed by atoms with Crippen LogP contribution in [0.2, 0.25) is 0 Å². The average Bonchev–Trinajstić information content (AvgIpc) is 3.34. The van der Waals surface area contributed by atoms with E-state index in [0.29, 0.717) is 55.1 Å². The van der Waals surface area contributed by atoms with Gasteiger partial charge in [0.2, 0.25) is 0 Å². The molecule has 7 nitrogen and oxygen atoms in total. The number of allylic oxidation sites excluding steroid dienone is 2. The van der Waals surface area contributed by atoms with Crippen LogP contribution in [0.4, 0.5) is 22.0 Å². The highest BCUT2D eigenvalue weighted by Crippen LogP contribution is 2.40. The molecule has 0 N–H and O–H groups in total. The molecule has 288 valence electrons. The fraction of sp³-hybridized carbons (Fsp3) is 0.488. The number of halogens is 5. The van der Waals surface area contributed by atoms with E-state index >= 15 is 4.39 Å². The summed E-state index contributed by atoms with van der Waals surface area (Å²) in [6, 6.07) is 3.55. The number of esters is 1. The zero-order valence-electron chi connectivity index (χ0n) is 31.5. The van der Waals surface area contributed by atoms with Crippen molar-refractivity contribution >= 4 is 18.6 Å². The second-order valence-electron chi connectivity index (χ2n) is 14.3. The maximum atomic E-state index is 16.2. The van der Waals surface area contributed by atoms with Gasteiger partial charge in [-0.15, -0.1) is 0 Å². The molecular formula is C41H51F5N3O4+. The molecule has 2 aliphatic rings. The first-order chi connectivity index (χ1) is 24.9. The van der Waals surface area contributed by atoms with Crippen LogP contribution in [0, 0.1) is 38.3 Å². The van der Waals surface area contributed by atoms with Crippen molar-refractivity contribution in [1.29, 1.82) is 0 Å². The standard InChI is InChI=1S/C41H51F5N3O4/c1-9-53-37(50)23-35(33-22-31(18-28(6)39(33)43)38-26(4)19-32(42)20-27(38)5)47(8)40(51)36(17-25(2)3)49-24-30(34(21-29(49)7)41(44,45)46)11-13-48-12-10-15-52-16-14-48/h18-22,24-25,35-36H,7-17,23H2,1-6H3/q+1. The van der Waals surface area contributed by atoms with Crippen LogP contribution in [0.15, 0.2) is 60.0 Å². The number of hydrogen-bond donors (Lipinski definition) is 0. The van der Waals surface area contributed by atoms with Gasteiger partial charge in [0.15, 0.2) is 12.1 Å². The van der Waals surface area contributed by atoms with Crippen molar-refractivity contribution in [3.63, 3.8) is 0 Å². The van der Waals surface area contributed by atoms with Gasteiger partial charge in [0.05, 0.1) is 24.4 Å². The maximum absolute atomic E-state index is 16.2. The maximum Gasteiger partial charge on any atom is 0.416 e. The monoisotopic (exact) mass is 744 g/mol. The van der Waals surface area contributed by atoms with E-state index in [4.69, 9.17) is 9.47 Å². The number of hydrogen-bond acceptors (Lipinski definition) is 6. The van der Waals surface area contributed by atoms with E-state index < -0.39 is 53.8 Å². The minimum absolute atomic E-state index is 0.00258. The Hall–Kier alpha value is -4.16. The second kappa shape index (κ2) is 17.8. The van der Waals surface area contributed by atoms with Gasteiger partial charge in [-0.2, -0.15) is 17.7 Å². The van der Waals surface area contributed by atoms with E-state index in [1.54, 1.807) is 33.8 Å². The largest absolute Gasteiger partial charge is 0.466 e. The molecule has 2 atom stereocenters. The number of rotatable bonds is 13. The zero-order valence-corrected chi connectivity index (χ0v) is 31.5. The van der Waals surface area contributed by atoms with Crippen LogP contribution in [0.5, 0.6) is 0 Å². The molecule has 2 unspecified atom stereocenters. The minimum atomic E-state index is -4.66. The first kappa shape index (κ1) is 41.6. The van der Waals surface area contributed by atoms with Crippen molar-refractivity contribution in [3.05, 3.63) is 93.9 Å². The summed E-state index contributed by atoms with van der Waals surface area (Å²) < 4.78 is 85.5. The predicted molar refractivity (Wildman–Crippen MR) is 195 cm³/mol. The summed E-state index contributed by atoms with van der Waals surface area (Å²) in [5.74, 6) is -2.53. The van der Waals surface area contributed by atoms with Gasteiger partial charge in [0.1, 0.15) is 24.8 Å². The molecule has 1 amide bonds. The summed E-state index contributed by atoms with van der Waals surface area (Å²) in [6.45, 7) is 21.2. The number of ether oxygens (including phenoxy) is 2. The summed E-state index contributed by atoms with van der Waals surface area (Å²) in [5, 5.41) is 0. The lowest BCUT2D eigenvalue weighted by Crippen LogP contribution is -2.45. The number of carbonyl (C=O) groups excluding carboxylic acids is 2. The van der Waals surface area contributed by atoms with Crippen molar-refractivity contribution in [2.24, 2.45) is 5.92 Å². The molecule has 0 saturated carbocycles. The first-order valence-corrected chi connectivity index (χ1v) is 18.1. The topological polar surface area (TPSA) is 62.1 Å². The van der Waals surface area contributed by atoms with Gasteiger partial charge in [-0.25, -0.2) is 13.6 Å². The normalized spacial score (nSPS) is 16.9. The second-order valence-corrected chi connectivity index (χ2v) is 14.3. The molecular weight excluding hydrogens is 693 g/mol. The molecule has 4 rings (SSSR count). The lowest BCUT2D eigenvalue weighted by molar-refractivity contribution is -0.489. The van der Waals surface area contributed by atoms with E-state index in [1.807, 2.05) is 13.8 Å². The highest BCUT2D eigenvalue weighted by Gasteiger charge is 2.44. The number of benzene rings is 2. The molecule has 0 radical (unpaired) electrons. The van der Waals surface area contributed by atoms with Gasteiger partial charge < -0.3 is 19.3 Å². The Balaban J connectivity index is 1.79. The molecule has 1 saturated heterocycles.